The second kappa shape index (κ2) is 7.78. The Labute approximate surface area is 157 Å². The summed E-state index contributed by atoms with van der Waals surface area (Å²) in [6, 6.07) is 11.0. The molecule has 0 unspecified atom stereocenters. The van der Waals surface area contributed by atoms with E-state index in [9.17, 15) is 13.6 Å². The average Bonchev–Trinajstić information content (AvgIpc) is 3.40. The van der Waals surface area contributed by atoms with Crippen molar-refractivity contribution in [3.05, 3.63) is 71.4 Å². The maximum absolute atomic E-state index is 14.4. The number of hydrogen-bond donors (Lipinski definition) is 2. The van der Waals surface area contributed by atoms with Gasteiger partial charge in [-0.05, 0) is 43.5 Å². The molecule has 142 valence electrons. The molecule has 6 heteroatoms. The zero-order valence-corrected chi connectivity index (χ0v) is 15.1. The summed E-state index contributed by atoms with van der Waals surface area (Å²) in [6.45, 7) is 1.96. The van der Waals surface area contributed by atoms with Gasteiger partial charge in [0, 0.05) is 23.0 Å². The Bertz CT molecular complexity index is 876. The van der Waals surface area contributed by atoms with Gasteiger partial charge in [-0.15, -0.1) is 0 Å². The van der Waals surface area contributed by atoms with Crippen molar-refractivity contribution in [1.82, 2.24) is 0 Å². The van der Waals surface area contributed by atoms with Crippen molar-refractivity contribution in [1.29, 1.82) is 0 Å². The number of hydrogen-bond acceptors (Lipinski definition) is 4. The van der Waals surface area contributed by atoms with Crippen LogP contribution in [0.25, 0.3) is 5.57 Å². The molecular weight excluding hydrogens is 350 g/mol. The molecule has 0 radical (unpaired) electrons. The van der Waals surface area contributed by atoms with E-state index in [0.29, 0.717) is 16.8 Å². The molecule has 0 amide bonds. The smallest absolute Gasteiger partial charge is 0.310 e. The lowest BCUT2D eigenvalue weighted by Crippen LogP contribution is -2.24. The standard InChI is InChI=1S/C21H22F2N2O2/c1-2-27-20(26)11-14-7-8-15(12-19(14)23)25-21(9-10-21)17(13-24)16-5-3-4-6-18(16)22/h3-8,12-13,25H,2,9-11,24H2,1H3/b17-13+. The second-order valence-electron chi connectivity index (χ2n) is 6.56. The van der Waals surface area contributed by atoms with E-state index in [1.807, 2.05) is 0 Å². The van der Waals surface area contributed by atoms with E-state index >= 15 is 0 Å². The molecule has 1 aliphatic rings. The van der Waals surface area contributed by atoms with Crippen molar-refractivity contribution >= 4 is 17.2 Å². The van der Waals surface area contributed by atoms with Crippen LogP contribution >= 0.6 is 0 Å². The van der Waals surface area contributed by atoms with Gasteiger partial charge in [0.2, 0.25) is 0 Å². The summed E-state index contributed by atoms with van der Waals surface area (Å²) in [5.74, 6) is -1.31. The largest absolute Gasteiger partial charge is 0.466 e. The van der Waals surface area contributed by atoms with E-state index in [1.165, 1.54) is 18.3 Å². The van der Waals surface area contributed by atoms with Crippen molar-refractivity contribution < 1.29 is 18.3 Å². The summed E-state index contributed by atoms with van der Waals surface area (Å²) in [7, 11) is 0. The summed E-state index contributed by atoms with van der Waals surface area (Å²) in [5.41, 5.74) is 7.18. The third-order valence-electron chi connectivity index (χ3n) is 4.67. The van der Waals surface area contributed by atoms with Crippen LogP contribution in [0, 0.1) is 11.6 Å². The molecule has 0 aliphatic heterocycles. The van der Waals surface area contributed by atoms with Gasteiger partial charge in [0.15, 0.2) is 0 Å². The first-order valence-corrected chi connectivity index (χ1v) is 8.88. The van der Waals surface area contributed by atoms with Crippen molar-refractivity contribution in [3.8, 4) is 0 Å². The first kappa shape index (κ1) is 18.9. The molecule has 3 N–H and O–H groups in total. The highest BCUT2D eigenvalue weighted by atomic mass is 19.1. The van der Waals surface area contributed by atoms with E-state index in [0.717, 1.165) is 12.8 Å². The lowest BCUT2D eigenvalue weighted by molar-refractivity contribution is -0.142. The molecule has 1 saturated carbocycles. The van der Waals surface area contributed by atoms with Crippen LogP contribution in [0.5, 0.6) is 0 Å². The van der Waals surface area contributed by atoms with Gasteiger partial charge in [-0.25, -0.2) is 8.78 Å². The van der Waals surface area contributed by atoms with E-state index in [2.05, 4.69) is 5.32 Å². The molecule has 1 aliphatic carbocycles. The lowest BCUT2D eigenvalue weighted by atomic mass is 9.96. The Kier molecular flexibility index (Phi) is 5.44. The first-order valence-electron chi connectivity index (χ1n) is 8.88. The van der Waals surface area contributed by atoms with Crippen LogP contribution in [0.4, 0.5) is 14.5 Å². The highest BCUT2D eigenvalue weighted by molar-refractivity contribution is 5.80. The van der Waals surface area contributed by atoms with Crippen LogP contribution in [0.1, 0.15) is 30.9 Å². The first-order chi connectivity index (χ1) is 13.0. The quantitative estimate of drug-likeness (QED) is 0.721. The molecular formula is C21H22F2N2O2. The molecule has 27 heavy (non-hydrogen) atoms. The summed E-state index contributed by atoms with van der Waals surface area (Å²) in [5, 5.41) is 3.28. The van der Waals surface area contributed by atoms with Crippen LogP contribution in [0.2, 0.25) is 0 Å². The van der Waals surface area contributed by atoms with Crippen LogP contribution in [-0.4, -0.2) is 18.1 Å². The zero-order valence-electron chi connectivity index (χ0n) is 15.1. The summed E-state index contributed by atoms with van der Waals surface area (Å²) >= 11 is 0. The lowest BCUT2D eigenvalue weighted by Gasteiger charge is -2.23. The van der Waals surface area contributed by atoms with E-state index < -0.39 is 17.3 Å². The van der Waals surface area contributed by atoms with Crippen LogP contribution in [0.15, 0.2) is 48.7 Å². The number of rotatable bonds is 7. The predicted octanol–water partition coefficient (Wildman–Crippen LogP) is 4.01. The maximum atomic E-state index is 14.4. The fourth-order valence-electron chi connectivity index (χ4n) is 3.19. The minimum absolute atomic E-state index is 0.117. The van der Waals surface area contributed by atoms with Gasteiger partial charge in [0.1, 0.15) is 11.6 Å². The molecule has 0 atom stereocenters. The third-order valence-corrected chi connectivity index (χ3v) is 4.67. The molecule has 0 bridgehead atoms. The maximum Gasteiger partial charge on any atom is 0.310 e. The Morgan fingerprint density at radius 2 is 1.96 bits per heavy atom. The summed E-state index contributed by atoms with van der Waals surface area (Å²) in [4.78, 5) is 11.5. The number of nitrogens with two attached hydrogens (primary N) is 1. The van der Waals surface area contributed by atoms with Crippen molar-refractivity contribution in [2.45, 2.75) is 31.7 Å². The Hall–Kier alpha value is -2.89. The van der Waals surface area contributed by atoms with Crippen LogP contribution in [-0.2, 0) is 16.0 Å². The zero-order chi connectivity index (χ0) is 19.4. The molecule has 0 spiro atoms. The monoisotopic (exact) mass is 372 g/mol. The van der Waals surface area contributed by atoms with E-state index in [1.54, 1.807) is 37.3 Å². The molecule has 0 heterocycles. The van der Waals surface area contributed by atoms with Crippen molar-refractivity contribution in [2.75, 3.05) is 11.9 Å². The summed E-state index contributed by atoms with van der Waals surface area (Å²) < 4.78 is 33.4. The topological polar surface area (TPSA) is 64.3 Å². The SMILES string of the molecule is CCOC(=O)Cc1ccc(NC2(/C(=C/N)c3ccccc3F)CC2)cc1F. The van der Waals surface area contributed by atoms with Crippen molar-refractivity contribution in [2.24, 2.45) is 5.73 Å². The van der Waals surface area contributed by atoms with Gasteiger partial charge in [-0.1, -0.05) is 24.3 Å². The number of ether oxygens (including phenoxy) is 1. The van der Waals surface area contributed by atoms with Gasteiger partial charge in [-0.3, -0.25) is 4.79 Å². The fraction of sp³-hybridized carbons (Fsp3) is 0.286. The molecule has 1 fully saturated rings. The molecule has 0 aromatic heterocycles. The predicted molar refractivity (Wildman–Crippen MR) is 101 cm³/mol. The molecule has 2 aromatic carbocycles. The number of halogens is 2. The highest BCUT2D eigenvalue weighted by Gasteiger charge is 2.47. The Balaban J connectivity index is 1.79. The molecule has 0 saturated heterocycles. The minimum atomic E-state index is -0.522. The number of esters is 1. The third kappa shape index (κ3) is 4.10. The van der Waals surface area contributed by atoms with Gasteiger partial charge < -0.3 is 15.8 Å². The second-order valence-corrected chi connectivity index (χ2v) is 6.56. The number of nitrogens with one attached hydrogen (secondary N) is 1. The number of benzene rings is 2. The number of carbonyl (C=O) groups is 1. The summed E-state index contributed by atoms with van der Waals surface area (Å²) in [6.07, 6.45) is 2.81. The minimum Gasteiger partial charge on any atom is -0.466 e. The Morgan fingerprint density at radius 3 is 2.56 bits per heavy atom. The van der Waals surface area contributed by atoms with E-state index in [4.69, 9.17) is 10.5 Å². The molecule has 4 nitrogen and oxygen atoms in total. The van der Waals surface area contributed by atoms with Crippen molar-refractivity contribution in [3.63, 3.8) is 0 Å². The Morgan fingerprint density at radius 1 is 1.22 bits per heavy atom. The number of anilines is 1. The van der Waals surface area contributed by atoms with Crippen LogP contribution < -0.4 is 11.1 Å². The average molecular weight is 372 g/mol. The van der Waals surface area contributed by atoms with Gasteiger partial charge in [-0.2, -0.15) is 0 Å². The van der Waals surface area contributed by atoms with Gasteiger partial charge in [0.05, 0.1) is 18.6 Å². The number of carbonyl (C=O) groups excluding carboxylic acids is 1. The normalized spacial score (nSPS) is 15.3. The molecule has 2 aromatic rings. The van der Waals surface area contributed by atoms with Crippen LogP contribution in [0.3, 0.4) is 0 Å². The highest BCUT2D eigenvalue weighted by Crippen LogP contribution is 2.49. The van der Waals surface area contributed by atoms with Gasteiger partial charge >= 0.3 is 5.97 Å². The fourth-order valence-corrected chi connectivity index (χ4v) is 3.19. The molecule has 3 rings (SSSR count). The van der Waals surface area contributed by atoms with Gasteiger partial charge in [0.25, 0.3) is 0 Å². The van der Waals surface area contributed by atoms with E-state index in [-0.39, 0.29) is 24.4 Å².